The standard InChI is InChI=1S/C9H16N4O2/c1-6(8-11-3-4-12-8)13-9(14)7(5-10)15-2/h3-4,6-7H,5,10H2,1-2H3,(H,11,12)(H,13,14). The second kappa shape index (κ2) is 5.47. The normalized spacial score (nSPS) is 14.6. The molecule has 0 aliphatic carbocycles. The highest BCUT2D eigenvalue weighted by molar-refractivity contribution is 5.81. The van der Waals surface area contributed by atoms with Crippen LogP contribution < -0.4 is 11.1 Å². The van der Waals surface area contributed by atoms with Gasteiger partial charge in [-0.2, -0.15) is 0 Å². The molecule has 0 fully saturated rings. The summed E-state index contributed by atoms with van der Waals surface area (Å²) in [5, 5.41) is 2.75. The zero-order chi connectivity index (χ0) is 11.3. The van der Waals surface area contributed by atoms with E-state index in [1.54, 1.807) is 12.4 Å². The van der Waals surface area contributed by atoms with Crippen LogP contribution in [0.15, 0.2) is 12.4 Å². The number of nitrogens with zero attached hydrogens (tertiary/aromatic N) is 1. The second-order valence-electron chi connectivity index (χ2n) is 3.16. The third kappa shape index (κ3) is 3.03. The lowest BCUT2D eigenvalue weighted by Gasteiger charge is -2.16. The molecule has 2 unspecified atom stereocenters. The minimum Gasteiger partial charge on any atom is -0.370 e. The van der Waals surface area contributed by atoms with Crippen LogP contribution in [-0.4, -0.2) is 35.6 Å². The van der Waals surface area contributed by atoms with Crippen molar-refractivity contribution in [2.24, 2.45) is 5.73 Å². The Morgan fingerprint density at radius 1 is 1.80 bits per heavy atom. The maximum absolute atomic E-state index is 11.6. The number of methoxy groups -OCH3 is 1. The predicted octanol–water partition coefficient (Wildman–Crippen LogP) is -0.439. The highest BCUT2D eigenvalue weighted by Crippen LogP contribution is 2.05. The molecular formula is C9H16N4O2. The summed E-state index contributed by atoms with van der Waals surface area (Å²) in [6, 6.07) is -0.184. The maximum atomic E-state index is 11.6. The van der Waals surface area contributed by atoms with Crippen LogP contribution >= 0.6 is 0 Å². The molecule has 6 heteroatoms. The van der Waals surface area contributed by atoms with Crippen LogP contribution in [0.5, 0.6) is 0 Å². The lowest BCUT2D eigenvalue weighted by atomic mass is 10.2. The van der Waals surface area contributed by atoms with Gasteiger partial charge in [-0.3, -0.25) is 4.79 Å². The molecule has 0 aliphatic rings. The molecule has 0 aliphatic heterocycles. The molecule has 0 spiro atoms. The van der Waals surface area contributed by atoms with Crippen LogP contribution in [0.3, 0.4) is 0 Å². The number of rotatable bonds is 5. The Morgan fingerprint density at radius 3 is 3.00 bits per heavy atom. The molecule has 1 amide bonds. The molecule has 1 rings (SSSR count). The second-order valence-corrected chi connectivity index (χ2v) is 3.16. The molecule has 1 aromatic heterocycles. The van der Waals surface area contributed by atoms with E-state index < -0.39 is 6.10 Å². The zero-order valence-corrected chi connectivity index (χ0v) is 8.86. The number of aromatic amines is 1. The fourth-order valence-corrected chi connectivity index (χ4v) is 1.20. The molecule has 84 valence electrons. The Morgan fingerprint density at radius 2 is 2.53 bits per heavy atom. The van der Waals surface area contributed by atoms with Crippen molar-refractivity contribution in [3.05, 3.63) is 18.2 Å². The number of carbonyl (C=O) groups is 1. The molecule has 0 saturated carbocycles. The van der Waals surface area contributed by atoms with Crippen molar-refractivity contribution < 1.29 is 9.53 Å². The minimum absolute atomic E-state index is 0.160. The van der Waals surface area contributed by atoms with Gasteiger partial charge in [0.2, 0.25) is 0 Å². The Hall–Kier alpha value is -1.40. The molecule has 0 aromatic carbocycles. The van der Waals surface area contributed by atoms with E-state index >= 15 is 0 Å². The van der Waals surface area contributed by atoms with Gasteiger partial charge in [0.1, 0.15) is 11.9 Å². The number of aromatic nitrogens is 2. The molecule has 6 nitrogen and oxygen atoms in total. The van der Waals surface area contributed by atoms with Crippen LogP contribution in [0.2, 0.25) is 0 Å². The number of nitrogens with one attached hydrogen (secondary N) is 2. The van der Waals surface area contributed by atoms with E-state index in [1.165, 1.54) is 7.11 Å². The number of imidazole rings is 1. The summed E-state index contributed by atoms with van der Waals surface area (Å²) in [4.78, 5) is 18.5. The number of carbonyl (C=O) groups excluding carboxylic acids is 1. The molecule has 0 saturated heterocycles. The zero-order valence-electron chi connectivity index (χ0n) is 8.86. The van der Waals surface area contributed by atoms with Gasteiger partial charge in [-0.1, -0.05) is 0 Å². The first-order valence-electron chi connectivity index (χ1n) is 4.71. The van der Waals surface area contributed by atoms with E-state index in [4.69, 9.17) is 10.5 Å². The van der Waals surface area contributed by atoms with Crippen molar-refractivity contribution in [2.75, 3.05) is 13.7 Å². The molecule has 0 radical (unpaired) electrons. The van der Waals surface area contributed by atoms with Crippen molar-refractivity contribution in [3.8, 4) is 0 Å². The van der Waals surface area contributed by atoms with E-state index in [-0.39, 0.29) is 18.5 Å². The van der Waals surface area contributed by atoms with Gasteiger partial charge in [-0.05, 0) is 6.92 Å². The Balaban J connectivity index is 2.51. The number of hydrogen-bond donors (Lipinski definition) is 3. The monoisotopic (exact) mass is 212 g/mol. The van der Waals surface area contributed by atoms with Crippen LogP contribution in [0.25, 0.3) is 0 Å². The highest BCUT2D eigenvalue weighted by atomic mass is 16.5. The molecular weight excluding hydrogens is 196 g/mol. The summed E-state index contributed by atoms with van der Waals surface area (Å²) in [6.45, 7) is 1.99. The van der Waals surface area contributed by atoms with E-state index in [9.17, 15) is 4.79 Å². The van der Waals surface area contributed by atoms with Crippen molar-refractivity contribution in [2.45, 2.75) is 19.1 Å². The average molecular weight is 212 g/mol. The van der Waals surface area contributed by atoms with E-state index in [1.807, 2.05) is 6.92 Å². The van der Waals surface area contributed by atoms with Gasteiger partial charge in [-0.25, -0.2) is 4.98 Å². The number of nitrogens with two attached hydrogens (primary N) is 1. The van der Waals surface area contributed by atoms with Gasteiger partial charge in [0, 0.05) is 26.0 Å². The van der Waals surface area contributed by atoms with Crippen molar-refractivity contribution in [3.63, 3.8) is 0 Å². The van der Waals surface area contributed by atoms with Crippen molar-refractivity contribution in [1.29, 1.82) is 0 Å². The first-order valence-corrected chi connectivity index (χ1v) is 4.71. The topological polar surface area (TPSA) is 93.0 Å². The smallest absolute Gasteiger partial charge is 0.251 e. The Kier molecular flexibility index (Phi) is 4.26. The van der Waals surface area contributed by atoms with Crippen LogP contribution in [0.1, 0.15) is 18.8 Å². The molecule has 1 aromatic rings. The van der Waals surface area contributed by atoms with Crippen molar-refractivity contribution >= 4 is 5.91 Å². The summed E-state index contributed by atoms with van der Waals surface area (Å²) in [5.74, 6) is 0.471. The van der Waals surface area contributed by atoms with Crippen LogP contribution in [0, 0.1) is 0 Å². The SMILES string of the molecule is COC(CN)C(=O)NC(C)c1ncc[nH]1. The third-order valence-corrected chi connectivity index (χ3v) is 2.08. The molecule has 4 N–H and O–H groups in total. The van der Waals surface area contributed by atoms with Gasteiger partial charge in [0.25, 0.3) is 5.91 Å². The first-order chi connectivity index (χ1) is 7.19. The van der Waals surface area contributed by atoms with E-state index in [0.717, 1.165) is 0 Å². The van der Waals surface area contributed by atoms with Crippen LogP contribution in [0.4, 0.5) is 0 Å². The largest absolute Gasteiger partial charge is 0.370 e. The number of hydrogen-bond acceptors (Lipinski definition) is 4. The third-order valence-electron chi connectivity index (χ3n) is 2.08. The van der Waals surface area contributed by atoms with Gasteiger partial charge in [0.15, 0.2) is 0 Å². The van der Waals surface area contributed by atoms with E-state index in [2.05, 4.69) is 15.3 Å². The number of H-pyrrole nitrogens is 1. The van der Waals surface area contributed by atoms with Gasteiger partial charge in [-0.15, -0.1) is 0 Å². The molecule has 15 heavy (non-hydrogen) atoms. The number of ether oxygens (including phenoxy) is 1. The summed E-state index contributed by atoms with van der Waals surface area (Å²) < 4.78 is 4.91. The molecule has 0 bridgehead atoms. The van der Waals surface area contributed by atoms with Gasteiger partial charge in [0.05, 0.1) is 6.04 Å². The fourth-order valence-electron chi connectivity index (χ4n) is 1.20. The van der Waals surface area contributed by atoms with Gasteiger partial charge < -0.3 is 20.8 Å². The Labute approximate surface area is 88.2 Å². The quantitative estimate of drug-likeness (QED) is 0.617. The van der Waals surface area contributed by atoms with E-state index in [0.29, 0.717) is 5.82 Å². The fraction of sp³-hybridized carbons (Fsp3) is 0.556. The average Bonchev–Trinajstić information content (AvgIpc) is 2.72. The predicted molar refractivity (Wildman–Crippen MR) is 55.0 cm³/mol. The lowest BCUT2D eigenvalue weighted by Crippen LogP contribution is -2.41. The summed E-state index contributed by atoms with van der Waals surface area (Å²) in [5.41, 5.74) is 5.37. The minimum atomic E-state index is -0.609. The maximum Gasteiger partial charge on any atom is 0.251 e. The molecule has 1 heterocycles. The van der Waals surface area contributed by atoms with Gasteiger partial charge >= 0.3 is 0 Å². The Bertz CT molecular complexity index is 295. The highest BCUT2D eigenvalue weighted by Gasteiger charge is 2.19. The molecule has 2 atom stereocenters. The summed E-state index contributed by atoms with van der Waals surface area (Å²) in [7, 11) is 1.45. The summed E-state index contributed by atoms with van der Waals surface area (Å²) in [6.07, 6.45) is 2.73. The van der Waals surface area contributed by atoms with Crippen LogP contribution in [-0.2, 0) is 9.53 Å². The lowest BCUT2D eigenvalue weighted by molar-refractivity contribution is -0.131. The number of amides is 1. The first kappa shape index (κ1) is 11.7. The summed E-state index contributed by atoms with van der Waals surface area (Å²) >= 11 is 0. The van der Waals surface area contributed by atoms with Crippen molar-refractivity contribution in [1.82, 2.24) is 15.3 Å².